The number of methoxy groups -OCH3 is 1. The summed E-state index contributed by atoms with van der Waals surface area (Å²) in [5.74, 6) is -0.279. The monoisotopic (exact) mass is 186 g/mol. The Morgan fingerprint density at radius 3 is 2.46 bits per heavy atom. The van der Waals surface area contributed by atoms with Gasteiger partial charge in [-0.2, -0.15) is 0 Å². The number of aldehydes is 1. The Bertz CT molecular complexity index is 186. The number of carbonyl (C=O) groups is 3. The summed E-state index contributed by atoms with van der Waals surface area (Å²) in [4.78, 5) is 31.5. The van der Waals surface area contributed by atoms with Crippen LogP contribution in [0.15, 0.2) is 0 Å². The summed E-state index contributed by atoms with van der Waals surface area (Å²) in [7, 11) is 1.32. The van der Waals surface area contributed by atoms with Gasteiger partial charge >= 0.3 is 5.97 Å². The molecule has 0 aromatic rings. The molecule has 0 aliphatic rings. The third-order valence-corrected chi connectivity index (χ3v) is 1.61. The number of hydrogen-bond acceptors (Lipinski definition) is 4. The first-order valence-corrected chi connectivity index (χ1v) is 4.23. The van der Waals surface area contributed by atoms with Crippen molar-refractivity contribution in [2.45, 2.75) is 32.1 Å². The lowest BCUT2D eigenvalue weighted by atomic mass is 10.1. The van der Waals surface area contributed by atoms with E-state index in [0.717, 1.165) is 6.29 Å². The van der Waals surface area contributed by atoms with E-state index >= 15 is 0 Å². The van der Waals surface area contributed by atoms with E-state index < -0.39 is 0 Å². The smallest absolute Gasteiger partial charge is 0.305 e. The molecule has 0 heterocycles. The quantitative estimate of drug-likeness (QED) is 0.437. The van der Waals surface area contributed by atoms with Gasteiger partial charge in [-0.3, -0.25) is 9.59 Å². The fraction of sp³-hybridized carbons (Fsp3) is 0.667. The van der Waals surface area contributed by atoms with Gasteiger partial charge in [0.05, 0.1) is 7.11 Å². The maximum atomic E-state index is 11.0. The van der Waals surface area contributed by atoms with Gasteiger partial charge in [-0.25, -0.2) is 0 Å². The molecule has 4 heteroatoms. The van der Waals surface area contributed by atoms with Gasteiger partial charge in [0.2, 0.25) is 0 Å². The van der Waals surface area contributed by atoms with E-state index in [4.69, 9.17) is 0 Å². The molecule has 0 N–H and O–H groups in total. The van der Waals surface area contributed by atoms with Gasteiger partial charge in [-0.15, -0.1) is 0 Å². The predicted octanol–water partition coefficient (Wildman–Crippen LogP) is 0.878. The summed E-state index contributed by atoms with van der Waals surface area (Å²) < 4.78 is 4.41. The van der Waals surface area contributed by atoms with Crippen LogP contribution in [0, 0.1) is 0 Å². The van der Waals surface area contributed by atoms with Gasteiger partial charge in [0.25, 0.3) is 0 Å². The SMILES string of the molecule is COC(=O)CCCC(=O)CCC=O. The van der Waals surface area contributed by atoms with Crippen LogP contribution in [0.2, 0.25) is 0 Å². The van der Waals surface area contributed by atoms with Crippen LogP contribution in [0.1, 0.15) is 32.1 Å². The minimum Gasteiger partial charge on any atom is -0.469 e. The van der Waals surface area contributed by atoms with E-state index in [0.29, 0.717) is 12.8 Å². The fourth-order valence-electron chi connectivity index (χ4n) is 0.877. The van der Waals surface area contributed by atoms with Crippen LogP contribution < -0.4 is 0 Å². The Balaban J connectivity index is 3.36. The van der Waals surface area contributed by atoms with Crippen LogP contribution >= 0.6 is 0 Å². The minimum absolute atomic E-state index is 0.0241. The standard InChI is InChI=1S/C9H14O4/c1-13-9(12)6-2-4-8(11)5-3-7-10/h7H,2-6H2,1H3. The molecule has 0 spiro atoms. The molecule has 0 bridgehead atoms. The highest BCUT2D eigenvalue weighted by atomic mass is 16.5. The van der Waals surface area contributed by atoms with Crippen LogP contribution in [-0.2, 0) is 19.1 Å². The number of ether oxygens (including phenoxy) is 1. The van der Waals surface area contributed by atoms with Gasteiger partial charge in [0, 0.05) is 25.7 Å². The van der Waals surface area contributed by atoms with E-state index in [1.54, 1.807) is 0 Å². The molecule has 4 nitrogen and oxygen atoms in total. The van der Waals surface area contributed by atoms with Crippen LogP contribution in [0.5, 0.6) is 0 Å². The molecule has 0 amide bonds. The molecule has 74 valence electrons. The maximum absolute atomic E-state index is 11.0. The third-order valence-electron chi connectivity index (χ3n) is 1.61. The van der Waals surface area contributed by atoms with Crippen molar-refractivity contribution in [1.82, 2.24) is 0 Å². The van der Waals surface area contributed by atoms with E-state index in [1.165, 1.54) is 7.11 Å². The molecular weight excluding hydrogens is 172 g/mol. The molecule has 0 atom stereocenters. The third kappa shape index (κ3) is 7.18. The molecule has 0 aliphatic heterocycles. The van der Waals surface area contributed by atoms with E-state index in [2.05, 4.69) is 4.74 Å². The average Bonchev–Trinajstić information content (AvgIpc) is 2.14. The summed E-state index contributed by atoms with van der Waals surface area (Å²) >= 11 is 0. The second kappa shape index (κ2) is 7.46. The molecule has 0 fully saturated rings. The summed E-state index contributed by atoms with van der Waals surface area (Å²) in [6.45, 7) is 0. The highest BCUT2D eigenvalue weighted by Crippen LogP contribution is 2.01. The predicted molar refractivity (Wildman–Crippen MR) is 46.2 cm³/mol. The zero-order chi connectivity index (χ0) is 10.1. The minimum atomic E-state index is -0.303. The van der Waals surface area contributed by atoms with Gasteiger partial charge in [-0.1, -0.05) is 0 Å². The van der Waals surface area contributed by atoms with E-state index in [9.17, 15) is 14.4 Å². The number of Topliss-reactive ketones (excluding diaryl/α,β-unsaturated/α-hetero) is 1. The molecule has 0 aliphatic carbocycles. The first-order valence-electron chi connectivity index (χ1n) is 4.23. The first kappa shape index (κ1) is 11.8. The second-order valence-corrected chi connectivity index (χ2v) is 2.67. The number of ketones is 1. The number of hydrogen-bond donors (Lipinski definition) is 0. The first-order chi connectivity index (χ1) is 6.20. The topological polar surface area (TPSA) is 60.4 Å². The number of rotatable bonds is 7. The molecule has 0 radical (unpaired) electrons. The fourth-order valence-corrected chi connectivity index (χ4v) is 0.877. The van der Waals surface area contributed by atoms with Crippen molar-refractivity contribution in [3.8, 4) is 0 Å². The van der Waals surface area contributed by atoms with Gasteiger partial charge in [0.15, 0.2) is 0 Å². The van der Waals surface area contributed by atoms with E-state index in [-0.39, 0.29) is 31.0 Å². The second-order valence-electron chi connectivity index (χ2n) is 2.67. The summed E-state index contributed by atoms with van der Waals surface area (Å²) in [5, 5.41) is 0. The zero-order valence-electron chi connectivity index (χ0n) is 7.75. The molecule has 0 saturated heterocycles. The lowest BCUT2D eigenvalue weighted by Gasteiger charge is -1.98. The van der Waals surface area contributed by atoms with Crippen molar-refractivity contribution >= 4 is 18.0 Å². The lowest BCUT2D eigenvalue weighted by Crippen LogP contribution is -2.03. The van der Waals surface area contributed by atoms with Crippen molar-refractivity contribution in [3.05, 3.63) is 0 Å². The van der Waals surface area contributed by atoms with Crippen molar-refractivity contribution < 1.29 is 19.1 Å². The van der Waals surface area contributed by atoms with Crippen molar-refractivity contribution in [2.24, 2.45) is 0 Å². The molecule has 0 aromatic carbocycles. The molecular formula is C9H14O4. The van der Waals surface area contributed by atoms with Crippen LogP contribution in [0.3, 0.4) is 0 Å². The van der Waals surface area contributed by atoms with E-state index in [1.807, 2.05) is 0 Å². The van der Waals surface area contributed by atoms with Crippen molar-refractivity contribution in [2.75, 3.05) is 7.11 Å². The molecule has 0 rings (SSSR count). The zero-order valence-corrected chi connectivity index (χ0v) is 7.75. The Hall–Kier alpha value is -1.19. The number of esters is 1. The Morgan fingerprint density at radius 2 is 1.92 bits per heavy atom. The number of carbonyl (C=O) groups excluding carboxylic acids is 3. The van der Waals surface area contributed by atoms with Crippen LogP contribution in [-0.4, -0.2) is 25.1 Å². The summed E-state index contributed by atoms with van der Waals surface area (Å²) in [5.41, 5.74) is 0. The Kier molecular flexibility index (Phi) is 6.78. The molecule has 13 heavy (non-hydrogen) atoms. The van der Waals surface area contributed by atoms with Crippen LogP contribution in [0.4, 0.5) is 0 Å². The van der Waals surface area contributed by atoms with Gasteiger partial charge in [0.1, 0.15) is 12.1 Å². The molecule has 0 aromatic heterocycles. The average molecular weight is 186 g/mol. The normalized spacial score (nSPS) is 9.31. The van der Waals surface area contributed by atoms with Gasteiger partial charge in [-0.05, 0) is 6.42 Å². The Labute approximate surface area is 77.3 Å². The molecule has 0 saturated carbocycles. The van der Waals surface area contributed by atoms with Crippen LogP contribution in [0.25, 0.3) is 0 Å². The highest BCUT2D eigenvalue weighted by Gasteiger charge is 2.04. The summed E-state index contributed by atoms with van der Waals surface area (Å²) in [6.07, 6.45) is 2.40. The Morgan fingerprint density at radius 1 is 1.23 bits per heavy atom. The lowest BCUT2D eigenvalue weighted by molar-refractivity contribution is -0.140. The summed E-state index contributed by atoms with van der Waals surface area (Å²) in [6, 6.07) is 0. The maximum Gasteiger partial charge on any atom is 0.305 e. The largest absolute Gasteiger partial charge is 0.469 e. The highest BCUT2D eigenvalue weighted by molar-refractivity contribution is 5.80. The van der Waals surface area contributed by atoms with Crippen molar-refractivity contribution in [1.29, 1.82) is 0 Å². The van der Waals surface area contributed by atoms with Crippen molar-refractivity contribution in [3.63, 3.8) is 0 Å². The molecule has 0 unspecified atom stereocenters. The van der Waals surface area contributed by atoms with Gasteiger partial charge < -0.3 is 9.53 Å².